The summed E-state index contributed by atoms with van der Waals surface area (Å²) in [7, 11) is 1.50. The third kappa shape index (κ3) is 4.20. The van der Waals surface area contributed by atoms with Gasteiger partial charge in [-0.2, -0.15) is 0 Å². The Kier molecular flexibility index (Phi) is 5.18. The molecule has 0 bridgehead atoms. The number of aromatic hydroxyl groups is 1. The summed E-state index contributed by atoms with van der Waals surface area (Å²) in [6.07, 6.45) is 0. The highest BCUT2D eigenvalue weighted by Crippen LogP contribution is 2.17. The summed E-state index contributed by atoms with van der Waals surface area (Å²) in [6, 6.07) is 3.16. The maximum Gasteiger partial charge on any atom is 0.255 e. The molecule has 2 N–H and O–H groups in total. The van der Waals surface area contributed by atoms with Crippen molar-refractivity contribution in [3.8, 4) is 5.75 Å². The molecular formula is C11H13ClFNO3. The van der Waals surface area contributed by atoms with Crippen LogP contribution in [-0.2, 0) is 4.74 Å². The maximum absolute atomic E-state index is 12.9. The number of methoxy groups -OCH3 is 1. The number of alkyl halides is 1. The summed E-state index contributed by atoms with van der Waals surface area (Å²) in [5, 5.41) is 11.5. The lowest BCUT2D eigenvalue weighted by Crippen LogP contribution is -2.31. The number of carbonyl (C=O) groups excluding carboxylic acids is 1. The Morgan fingerprint density at radius 3 is 3.00 bits per heavy atom. The maximum atomic E-state index is 12.9. The van der Waals surface area contributed by atoms with E-state index in [0.717, 1.165) is 18.2 Å². The van der Waals surface area contributed by atoms with Crippen LogP contribution >= 0.6 is 11.6 Å². The molecule has 0 radical (unpaired) electrons. The van der Waals surface area contributed by atoms with E-state index in [-0.39, 0.29) is 29.8 Å². The molecule has 0 heterocycles. The number of rotatable bonds is 5. The standard InChI is InChI=1S/C11H13ClFNO3/c1-17-6-7(12)5-14-11(16)9-4-8(13)2-3-10(9)15/h2-4,7,15H,5-6H2,1H3,(H,14,16). The Hall–Kier alpha value is -1.33. The highest BCUT2D eigenvalue weighted by molar-refractivity contribution is 6.21. The highest BCUT2D eigenvalue weighted by atomic mass is 35.5. The Labute approximate surface area is 103 Å². The summed E-state index contributed by atoms with van der Waals surface area (Å²) in [6.45, 7) is 0.459. The zero-order valence-electron chi connectivity index (χ0n) is 9.24. The number of hydrogen-bond donors (Lipinski definition) is 2. The quantitative estimate of drug-likeness (QED) is 0.790. The van der Waals surface area contributed by atoms with Gasteiger partial charge in [0.25, 0.3) is 5.91 Å². The smallest absolute Gasteiger partial charge is 0.255 e. The molecule has 1 amide bonds. The van der Waals surface area contributed by atoms with Crippen LogP contribution in [0.5, 0.6) is 5.75 Å². The van der Waals surface area contributed by atoms with Gasteiger partial charge in [-0.25, -0.2) is 4.39 Å². The molecule has 1 aromatic carbocycles. The lowest BCUT2D eigenvalue weighted by molar-refractivity contribution is 0.0946. The zero-order valence-corrected chi connectivity index (χ0v) is 10.00. The van der Waals surface area contributed by atoms with Crippen LogP contribution in [-0.4, -0.2) is 36.7 Å². The second-order valence-corrected chi connectivity index (χ2v) is 4.04. The van der Waals surface area contributed by atoms with Gasteiger partial charge in [-0.15, -0.1) is 11.6 Å². The molecule has 94 valence electrons. The van der Waals surface area contributed by atoms with Gasteiger partial charge >= 0.3 is 0 Å². The first-order valence-electron chi connectivity index (χ1n) is 4.94. The van der Waals surface area contributed by atoms with E-state index < -0.39 is 11.7 Å². The van der Waals surface area contributed by atoms with Gasteiger partial charge in [-0.3, -0.25) is 4.79 Å². The van der Waals surface area contributed by atoms with Gasteiger partial charge < -0.3 is 15.2 Å². The molecule has 6 heteroatoms. The third-order valence-electron chi connectivity index (χ3n) is 2.03. The summed E-state index contributed by atoms with van der Waals surface area (Å²) in [5.74, 6) is -1.45. The van der Waals surface area contributed by atoms with Crippen LogP contribution in [0.2, 0.25) is 0 Å². The molecule has 0 aliphatic rings. The SMILES string of the molecule is COCC(Cl)CNC(=O)c1cc(F)ccc1O. The van der Waals surface area contributed by atoms with Crippen molar-refractivity contribution in [2.45, 2.75) is 5.38 Å². The van der Waals surface area contributed by atoms with E-state index in [1.54, 1.807) is 0 Å². The topological polar surface area (TPSA) is 58.6 Å². The largest absolute Gasteiger partial charge is 0.507 e. The van der Waals surface area contributed by atoms with Crippen molar-refractivity contribution in [2.75, 3.05) is 20.3 Å². The Bertz CT molecular complexity index is 400. The van der Waals surface area contributed by atoms with E-state index in [2.05, 4.69) is 5.32 Å². The molecule has 0 saturated carbocycles. The Morgan fingerprint density at radius 2 is 2.35 bits per heavy atom. The number of nitrogens with one attached hydrogen (secondary N) is 1. The molecule has 0 aromatic heterocycles. The van der Waals surface area contributed by atoms with Gasteiger partial charge in [0.15, 0.2) is 0 Å². The number of benzene rings is 1. The molecule has 1 rings (SSSR count). The van der Waals surface area contributed by atoms with Crippen LogP contribution in [0.15, 0.2) is 18.2 Å². The molecule has 4 nitrogen and oxygen atoms in total. The predicted octanol–water partition coefficient (Wildman–Crippen LogP) is 1.51. The van der Waals surface area contributed by atoms with Crippen LogP contribution < -0.4 is 5.32 Å². The van der Waals surface area contributed by atoms with Crippen molar-refractivity contribution in [3.63, 3.8) is 0 Å². The lowest BCUT2D eigenvalue weighted by atomic mass is 10.2. The van der Waals surface area contributed by atoms with Gasteiger partial charge in [0, 0.05) is 13.7 Å². The van der Waals surface area contributed by atoms with E-state index >= 15 is 0 Å². The van der Waals surface area contributed by atoms with Crippen LogP contribution in [0.25, 0.3) is 0 Å². The van der Waals surface area contributed by atoms with Crippen LogP contribution in [0.1, 0.15) is 10.4 Å². The van der Waals surface area contributed by atoms with Crippen molar-refractivity contribution in [1.82, 2.24) is 5.32 Å². The van der Waals surface area contributed by atoms with Crippen molar-refractivity contribution in [1.29, 1.82) is 0 Å². The number of hydrogen-bond acceptors (Lipinski definition) is 3. The number of phenols is 1. The zero-order chi connectivity index (χ0) is 12.8. The van der Waals surface area contributed by atoms with Gasteiger partial charge in [-0.1, -0.05) is 0 Å². The van der Waals surface area contributed by atoms with E-state index in [4.69, 9.17) is 16.3 Å². The Balaban J connectivity index is 2.61. The highest BCUT2D eigenvalue weighted by Gasteiger charge is 2.13. The number of halogens is 2. The van der Waals surface area contributed by atoms with E-state index in [1.165, 1.54) is 7.11 Å². The first kappa shape index (κ1) is 13.7. The van der Waals surface area contributed by atoms with E-state index in [1.807, 2.05) is 0 Å². The summed E-state index contributed by atoms with van der Waals surface area (Å²) >= 11 is 5.81. The summed E-state index contributed by atoms with van der Waals surface area (Å²) < 4.78 is 17.7. The van der Waals surface area contributed by atoms with Gasteiger partial charge in [0.05, 0.1) is 17.5 Å². The molecular weight excluding hydrogens is 249 g/mol. The average Bonchev–Trinajstić information content (AvgIpc) is 2.29. The minimum atomic E-state index is -0.590. The van der Waals surface area contributed by atoms with E-state index in [0.29, 0.717) is 0 Å². The third-order valence-corrected chi connectivity index (χ3v) is 2.32. The van der Waals surface area contributed by atoms with Crippen molar-refractivity contribution < 1.29 is 19.0 Å². The molecule has 0 saturated heterocycles. The van der Waals surface area contributed by atoms with Gasteiger partial charge in [0.1, 0.15) is 11.6 Å². The van der Waals surface area contributed by atoms with Crippen molar-refractivity contribution in [3.05, 3.63) is 29.6 Å². The minimum Gasteiger partial charge on any atom is -0.507 e. The molecule has 1 aromatic rings. The first-order valence-corrected chi connectivity index (χ1v) is 5.38. The predicted molar refractivity (Wildman–Crippen MR) is 61.9 cm³/mol. The fraction of sp³-hybridized carbons (Fsp3) is 0.364. The van der Waals surface area contributed by atoms with Crippen LogP contribution in [0.3, 0.4) is 0 Å². The summed E-state index contributed by atoms with van der Waals surface area (Å²) in [4.78, 5) is 11.6. The number of carbonyl (C=O) groups is 1. The normalized spacial score (nSPS) is 12.2. The minimum absolute atomic E-state index is 0.119. The van der Waals surface area contributed by atoms with Gasteiger partial charge in [-0.05, 0) is 18.2 Å². The molecule has 0 fully saturated rings. The van der Waals surface area contributed by atoms with Crippen LogP contribution in [0, 0.1) is 5.82 Å². The van der Waals surface area contributed by atoms with Crippen molar-refractivity contribution >= 4 is 17.5 Å². The second-order valence-electron chi connectivity index (χ2n) is 3.42. The monoisotopic (exact) mass is 261 g/mol. The van der Waals surface area contributed by atoms with Crippen molar-refractivity contribution in [2.24, 2.45) is 0 Å². The number of ether oxygens (including phenoxy) is 1. The number of phenolic OH excluding ortho intramolecular Hbond substituents is 1. The number of amides is 1. The second kappa shape index (κ2) is 6.42. The Morgan fingerprint density at radius 1 is 1.65 bits per heavy atom. The van der Waals surface area contributed by atoms with Crippen LogP contribution in [0.4, 0.5) is 4.39 Å². The van der Waals surface area contributed by atoms with E-state index in [9.17, 15) is 14.3 Å². The van der Waals surface area contributed by atoms with Gasteiger partial charge in [0.2, 0.25) is 0 Å². The fourth-order valence-electron chi connectivity index (χ4n) is 1.23. The lowest BCUT2D eigenvalue weighted by Gasteiger charge is -2.10. The molecule has 1 atom stereocenters. The molecule has 0 aliphatic heterocycles. The average molecular weight is 262 g/mol. The molecule has 1 unspecified atom stereocenters. The first-order chi connectivity index (χ1) is 8.04. The molecule has 0 aliphatic carbocycles. The molecule has 17 heavy (non-hydrogen) atoms. The fourth-order valence-corrected chi connectivity index (χ4v) is 1.43. The molecule has 0 spiro atoms. The summed E-state index contributed by atoms with van der Waals surface area (Å²) in [5.41, 5.74) is -0.119.